The van der Waals surface area contributed by atoms with Crippen LogP contribution in [0.15, 0.2) is 18.2 Å². The molecule has 8 nitrogen and oxygen atoms in total. The lowest BCUT2D eigenvalue weighted by molar-refractivity contribution is -0.121. The highest BCUT2D eigenvalue weighted by Crippen LogP contribution is 2.29. The predicted molar refractivity (Wildman–Crippen MR) is 115 cm³/mol. The summed E-state index contributed by atoms with van der Waals surface area (Å²) in [5.41, 5.74) is 3.26. The molecule has 162 valence electrons. The number of sulfone groups is 1. The average Bonchev–Trinajstić information content (AvgIpc) is 3.23. The van der Waals surface area contributed by atoms with Crippen molar-refractivity contribution in [2.75, 3.05) is 24.6 Å². The molecule has 3 heterocycles. The topological polar surface area (TPSA) is 111 Å². The van der Waals surface area contributed by atoms with Crippen LogP contribution in [0.2, 0.25) is 5.02 Å². The summed E-state index contributed by atoms with van der Waals surface area (Å²) >= 11 is 6.11. The minimum Gasteiger partial charge on any atom is -0.357 e. The van der Waals surface area contributed by atoms with Gasteiger partial charge in [-0.3, -0.25) is 4.79 Å². The summed E-state index contributed by atoms with van der Waals surface area (Å²) < 4.78 is 22.9. The van der Waals surface area contributed by atoms with Crippen LogP contribution < -0.4 is 10.6 Å². The zero-order valence-electron chi connectivity index (χ0n) is 16.5. The highest BCUT2D eigenvalue weighted by atomic mass is 35.5. The van der Waals surface area contributed by atoms with Crippen LogP contribution in [0.25, 0.3) is 10.9 Å². The summed E-state index contributed by atoms with van der Waals surface area (Å²) in [7, 11) is -3.01. The normalized spacial score (nSPS) is 20.2. The Hall–Kier alpha value is -2.26. The Kier molecular flexibility index (Phi) is 5.92. The lowest BCUT2D eigenvalue weighted by Gasteiger charge is -2.27. The van der Waals surface area contributed by atoms with Crippen LogP contribution in [-0.2, 0) is 27.6 Å². The van der Waals surface area contributed by atoms with Crippen molar-refractivity contribution in [3.8, 4) is 0 Å². The molecular formula is C20H25ClN4O4S. The molecule has 0 aliphatic carbocycles. The Balaban J connectivity index is 1.22. The van der Waals surface area contributed by atoms with E-state index in [2.05, 4.69) is 15.6 Å². The lowest BCUT2D eigenvalue weighted by Crippen LogP contribution is -2.43. The third kappa shape index (κ3) is 4.73. The van der Waals surface area contributed by atoms with E-state index in [1.54, 1.807) is 4.90 Å². The van der Waals surface area contributed by atoms with Gasteiger partial charge in [-0.2, -0.15) is 0 Å². The maximum Gasteiger partial charge on any atom is 0.317 e. The van der Waals surface area contributed by atoms with E-state index in [9.17, 15) is 18.0 Å². The van der Waals surface area contributed by atoms with Crippen molar-refractivity contribution in [1.82, 2.24) is 20.5 Å². The van der Waals surface area contributed by atoms with Gasteiger partial charge in [0, 0.05) is 47.2 Å². The molecule has 2 aromatic rings. The molecule has 3 N–H and O–H groups in total. The molecule has 2 aliphatic heterocycles. The van der Waals surface area contributed by atoms with Gasteiger partial charge >= 0.3 is 6.03 Å². The number of nitrogens with one attached hydrogen (secondary N) is 3. The smallest absolute Gasteiger partial charge is 0.317 e. The number of aromatic amines is 1. The van der Waals surface area contributed by atoms with Crippen molar-refractivity contribution < 1.29 is 18.0 Å². The SMILES string of the molecule is O=C(CCCNC(=O)N1CCc2c([nH]c3ccc(Cl)cc23)C1)NC1CCS(=O)(=O)C1. The van der Waals surface area contributed by atoms with Gasteiger partial charge in [-0.1, -0.05) is 11.6 Å². The van der Waals surface area contributed by atoms with Crippen molar-refractivity contribution in [3.63, 3.8) is 0 Å². The molecule has 0 radical (unpaired) electrons. The second-order valence-corrected chi connectivity index (χ2v) is 10.6. The zero-order valence-corrected chi connectivity index (χ0v) is 18.1. The minimum atomic E-state index is -3.01. The van der Waals surface area contributed by atoms with E-state index in [-0.39, 0.29) is 35.9 Å². The number of aromatic nitrogens is 1. The molecule has 1 unspecified atom stereocenters. The highest BCUT2D eigenvalue weighted by Gasteiger charge is 2.28. The lowest BCUT2D eigenvalue weighted by atomic mass is 10.0. The number of nitrogens with zero attached hydrogens (tertiary/aromatic N) is 1. The number of fused-ring (bicyclic) bond motifs is 3. The van der Waals surface area contributed by atoms with Crippen LogP contribution in [0, 0.1) is 0 Å². The van der Waals surface area contributed by atoms with Crippen LogP contribution >= 0.6 is 11.6 Å². The second-order valence-electron chi connectivity index (χ2n) is 7.95. The number of amides is 3. The third-order valence-corrected chi connectivity index (χ3v) is 7.68. The van der Waals surface area contributed by atoms with Crippen molar-refractivity contribution in [3.05, 3.63) is 34.5 Å². The summed E-state index contributed by atoms with van der Waals surface area (Å²) in [6.07, 6.45) is 1.99. The molecule has 2 aliphatic rings. The van der Waals surface area contributed by atoms with Gasteiger partial charge in [-0.25, -0.2) is 13.2 Å². The van der Waals surface area contributed by atoms with Gasteiger partial charge < -0.3 is 20.5 Å². The van der Waals surface area contributed by atoms with Crippen molar-refractivity contribution in [1.29, 1.82) is 0 Å². The van der Waals surface area contributed by atoms with Crippen molar-refractivity contribution in [2.45, 2.75) is 38.3 Å². The number of H-pyrrole nitrogens is 1. The first-order chi connectivity index (χ1) is 14.3. The van der Waals surface area contributed by atoms with Gasteiger partial charge in [0.15, 0.2) is 9.84 Å². The Bertz CT molecular complexity index is 1080. The summed E-state index contributed by atoms with van der Waals surface area (Å²) in [4.78, 5) is 29.6. The second kappa shape index (κ2) is 8.47. The molecule has 0 spiro atoms. The maximum absolute atomic E-state index is 12.5. The van der Waals surface area contributed by atoms with Crippen molar-refractivity contribution in [2.24, 2.45) is 0 Å². The summed E-state index contributed by atoms with van der Waals surface area (Å²) in [5, 5.41) is 7.43. The fourth-order valence-electron chi connectivity index (χ4n) is 4.15. The molecule has 1 atom stereocenters. The molecule has 0 bridgehead atoms. The number of halogens is 1. The molecule has 10 heteroatoms. The van der Waals surface area contributed by atoms with Crippen LogP contribution in [0.1, 0.15) is 30.5 Å². The van der Waals surface area contributed by atoms with Gasteiger partial charge in [-0.05, 0) is 43.0 Å². The molecule has 3 amide bonds. The minimum absolute atomic E-state index is 0.0202. The number of hydrogen-bond acceptors (Lipinski definition) is 4. The first kappa shape index (κ1) is 21.0. The van der Waals surface area contributed by atoms with Crippen LogP contribution in [-0.4, -0.2) is 60.9 Å². The van der Waals surface area contributed by atoms with Crippen molar-refractivity contribution >= 4 is 44.3 Å². The monoisotopic (exact) mass is 452 g/mol. The molecule has 4 rings (SSSR count). The van der Waals surface area contributed by atoms with Crippen LogP contribution in [0.3, 0.4) is 0 Å². The Labute approximate surface area is 180 Å². The van der Waals surface area contributed by atoms with E-state index in [0.29, 0.717) is 37.5 Å². The molecule has 1 fully saturated rings. The number of rotatable bonds is 5. The van der Waals surface area contributed by atoms with E-state index in [0.717, 1.165) is 23.0 Å². The van der Waals surface area contributed by atoms with E-state index in [1.165, 1.54) is 5.56 Å². The number of hydrogen-bond donors (Lipinski definition) is 3. The molecule has 1 aromatic carbocycles. The van der Waals surface area contributed by atoms with Gasteiger partial charge in [0.05, 0.1) is 18.1 Å². The summed E-state index contributed by atoms with van der Waals surface area (Å²) in [6, 6.07) is 5.31. The molecule has 30 heavy (non-hydrogen) atoms. The Morgan fingerprint density at radius 1 is 1.30 bits per heavy atom. The van der Waals surface area contributed by atoms with E-state index in [1.807, 2.05) is 18.2 Å². The largest absolute Gasteiger partial charge is 0.357 e. The van der Waals surface area contributed by atoms with Gasteiger partial charge in [0.2, 0.25) is 5.91 Å². The first-order valence-corrected chi connectivity index (χ1v) is 12.3. The number of carbonyl (C=O) groups excluding carboxylic acids is 2. The maximum atomic E-state index is 12.5. The van der Waals surface area contributed by atoms with Gasteiger partial charge in [-0.15, -0.1) is 0 Å². The quantitative estimate of drug-likeness (QED) is 0.602. The Morgan fingerprint density at radius 3 is 2.90 bits per heavy atom. The molecule has 0 saturated carbocycles. The average molecular weight is 453 g/mol. The zero-order chi connectivity index (χ0) is 21.3. The standard InChI is InChI=1S/C20H25ClN4O4S/c21-13-3-4-17-16(10-13)15-5-8-25(11-18(15)24-17)20(27)22-7-1-2-19(26)23-14-6-9-30(28,29)12-14/h3-4,10,14,24H,1-2,5-9,11-12H2,(H,22,27)(H,23,26). The fraction of sp³-hybridized carbons (Fsp3) is 0.500. The van der Waals surface area contributed by atoms with E-state index >= 15 is 0 Å². The highest BCUT2D eigenvalue weighted by molar-refractivity contribution is 7.91. The van der Waals surface area contributed by atoms with Gasteiger partial charge in [0.1, 0.15) is 0 Å². The molecule has 1 saturated heterocycles. The Morgan fingerprint density at radius 2 is 2.13 bits per heavy atom. The predicted octanol–water partition coefficient (Wildman–Crippen LogP) is 1.97. The van der Waals surface area contributed by atoms with E-state index < -0.39 is 9.84 Å². The van der Waals surface area contributed by atoms with Crippen LogP contribution in [0.4, 0.5) is 4.79 Å². The van der Waals surface area contributed by atoms with E-state index in [4.69, 9.17) is 11.6 Å². The summed E-state index contributed by atoms with van der Waals surface area (Å²) in [6.45, 7) is 1.51. The first-order valence-electron chi connectivity index (χ1n) is 10.1. The molecule has 1 aromatic heterocycles. The third-order valence-electron chi connectivity index (χ3n) is 5.68. The molecular weight excluding hydrogens is 428 g/mol. The fourth-order valence-corrected chi connectivity index (χ4v) is 6.00. The number of urea groups is 1. The number of carbonyl (C=O) groups is 2. The van der Waals surface area contributed by atoms with Crippen LogP contribution in [0.5, 0.6) is 0 Å². The summed E-state index contributed by atoms with van der Waals surface area (Å²) in [5.74, 6) is -0.0212. The van der Waals surface area contributed by atoms with Gasteiger partial charge in [0.25, 0.3) is 0 Å². The number of benzene rings is 1.